The molecule has 2 aromatic heterocycles. The van der Waals surface area contributed by atoms with Crippen LogP contribution in [0.4, 0.5) is 6.01 Å². The lowest BCUT2D eigenvalue weighted by molar-refractivity contribution is 0.389. The van der Waals surface area contributed by atoms with E-state index in [4.69, 9.17) is 8.94 Å². The Kier molecular flexibility index (Phi) is 3.34. The maximum atomic E-state index is 5.69. The van der Waals surface area contributed by atoms with Crippen LogP contribution in [0.2, 0.25) is 0 Å². The highest BCUT2D eigenvalue weighted by molar-refractivity contribution is 5.30. The summed E-state index contributed by atoms with van der Waals surface area (Å²) < 4.78 is 10.8. The average Bonchev–Trinajstić information content (AvgIpc) is 2.90. The summed E-state index contributed by atoms with van der Waals surface area (Å²) in [7, 11) is 1.91. The number of anilines is 1. The summed E-state index contributed by atoms with van der Waals surface area (Å²) in [6.45, 7) is 10.6. The number of hydrogen-bond donors (Lipinski definition) is 0. The Balaban J connectivity index is 2.17. The van der Waals surface area contributed by atoms with Gasteiger partial charge in [-0.1, -0.05) is 31.0 Å². The lowest BCUT2D eigenvalue weighted by atomic mass is 9.97. The van der Waals surface area contributed by atoms with Crippen LogP contribution in [0.5, 0.6) is 0 Å². The molecule has 0 N–H and O–H groups in total. The van der Waals surface area contributed by atoms with Crippen LogP contribution in [0.1, 0.15) is 43.7 Å². The van der Waals surface area contributed by atoms with Gasteiger partial charge in [-0.3, -0.25) is 0 Å². The van der Waals surface area contributed by atoms with E-state index in [1.54, 1.807) is 0 Å². The van der Waals surface area contributed by atoms with Gasteiger partial charge in [0.15, 0.2) is 0 Å². The van der Waals surface area contributed by atoms with Gasteiger partial charge >= 0.3 is 6.01 Å². The van der Waals surface area contributed by atoms with Crippen LogP contribution in [-0.2, 0) is 12.0 Å². The Bertz CT molecular complexity index is 546. The van der Waals surface area contributed by atoms with E-state index in [1.165, 1.54) is 0 Å². The summed E-state index contributed by atoms with van der Waals surface area (Å²) >= 11 is 0. The largest absolute Gasteiger partial charge is 0.407 e. The zero-order chi connectivity index (χ0) is 14.2. The molecule has 2 aromatic rings. The predicted octanol–water partition coefficient (Wildman–Crippen LogP) is 2.61. The molecule has 0 amide bonds. The molecular weight excluding hydrogens is 244 g/mol. The van der Waals surface area contributed by atoms with E-state index in [1.807, 2.05) is 46.6 Å². The second-order valence-corrected chi connectivity index (χ2v) is 5.80. The van der Waals surface area contributed by atoms with E-state index in [2.05, 4.69) is 15.4 Å². The third kappa shape index (κ3) is 2.77. The second-order valence-electron chi connectivity index (χ2n) is 5.80. The highest BCUT2D eigenvalue weighted by Crippen LogP contribution is 2.24. The third-order valence-electron chi connectivity index (χ3n) is 2.96. The molecule has 0 aliphatic carbocycles. The highest BCUT2D eigenvalue weighted by Gasteiger charge is 2.23. The van der Waals surface area contributed by atoms with Gasteiger partial charge in [0.05, 0.1) is 12.2 Å². The van der Waals surface area contributed by atoms with Crippen molar-refractivity contribution in [3.8, 4) is 0 Å². The highest BCUT2D eigenvalue weighted by atomic mass is 16.5. The molecule has 0 spiro atoms. The summed E-state index contributed by atoms with van der Waals surface area (Å²) in [6, 6.07) is 0.505. The number of rotatable bonds is 3. The Morgan fingerprint density at radius 3 is 2.32 bits per heavy atom. The van der Waals surface area contributed by atoms with Crippen molar-refractivity contribution in [3.63, 3.8) is 0 Å². The Hall–Kier alpha value is -1.85. The van der Waals surface area contributed by atoms with Crippen LogP contribution < -0.4 is 4.90 Å². The van der Waals surface area contributed by atoms with Gasteiger partial charge in [-0.15, -0.1) is 5.10 Å². The molecule has 0 radical (unpaired) electrons. The van der Waals surface area contributed by atoms with Crippen LogP contribution in [-0.4, -0.2) is 22.4 Å². The van der Waals surface area contributed by atoms with Crippen molar-refractivity contribution >= 4 is 6.01 Å². The second kappa shape index (κ2) is 4.68. The quantitative estimate of drug-likeness (QED) is 0.848. The first kappa shape index (κ1) is 13.6. The topological polar surface area (TPSA) is 68.2 Å². The summed E-state index contributed by atoms with van der Waals surface area (Å²) in [4.78, 5) is 1.90. The number of nitrogens with zero attached hydrogens (tertiary/aromatic N) is 4. The molecule has 0 bridgehead atoms. The van der Waals surface area contributed by atoms with Crippen molar-refractivity contribution in [3.05, 3.63) is 22.9 Å². The fourth-order valence-electron chi connectivity index (χ4n) is 1.71. The first-order chi connectivity index (χ1) is 8.79. The fourth-order valence-corrected chi connectivity index (χ4v) is 1.71. The molecule has 19 heavy (non-hydrogen) atoms. The first-order valence-corrected chi connectivity index (χ1v) is 6.26. The zero-order valence-electron chi connectivity index (χ0n) is 12.3. The summed E-state index contributed by atoms with van der Waals surface area (Å²) in [6.07, 6.45) is 0. The Morgan fingerprint density at radius 1 is 1.16 bits per heavy atom. The molecule has 0 atom stereocenters. The molecule has 0 unspecified atom stereocenters. The van der Waals surface area contributed by atoms with Crippen LogP contribution in [0.25, 0.3) is 0 Å². The smallest absolute Gasteiger partial charge is 0.318 e. The van der Waals surface area contributed by atoms with E-state index in [0.29, 0.717) is 18.5 Å². The molecule has 6 nitrogen and oxygen atoms in total. The molecule has 0 saturated heterocycles. The summed E-state index contributed by atoms with van der Waals surface area (Å²) in [5.74, 6) is 1.45. The van der Waals surface area contributed by atoms with Crippen molar-refractivity contribution < 1.29 is 8.94 Å². The summed E-state index contributed by atoms with van der Waals surface area (Å²) in [5, 5.41) is 12.1. The van der Waals surface area contributed by atoms with Crippen LogP contribution in [0.15, 0.2) is 8.94 Å². The van der Waals surface area contributed by atoms with E-state index < -0.39 is 0 Å². The van der Waals surface area contributed by atoms with Crippen molar-refractivity contribution in [2.75, 3.05) is 11.9 Å². The van der Waals surface area contributed by atoms with Crippen molar-refractivity contribution in [1.82, 2.24) is 15.4 Å². The maximum Gasteiger partial charge on any atom is 0.318 e. The van der Waals surface area contributed by atoms with Crippen molar-refractivity contribution in [2.45, 2.75) is 46.6 Å². The molecule has 2 heterocycles. The Morgan fingerprint density at radius 2 is 1.84 bits per heavy atom. The molecule has 0 fully saturated rings. The predicted molar refractivity (Wildman–Crippen MR) is 71.1 cm³/mol. The van der Waals surface area contributed by atoms with Gasteiger partial charge < -0.3 is 13.8 Å². The van der Waals surface area contributed by atoms with Crippen LogP contribution in [0, 0.1) is 13.8 Å². The lowest BCUT2D eigenvalue weighted by Crippen LogP contribution is -2.17. The molecule has 0 saturated carbocycles. The van der Waals surface area contributed by atoms with E-state index in [-0.39, 0.29) is 5.41 Å². The molecule has 0 aliphatic heterocycles. The van der Waals surface area contributed by atoms with Gasteiger partial charge in [0.1, 0.15) is 5.76 Å². The monoisotopic (exact) mass is 264 g/mol. The van der Waals surface area contributed by atoms with E-state index in [0.717, 1.165) is 17.0 Å². The van der Waals surface area contributed by atoms with Gasteiger partial charge in [-0.05, 0) is 13.8 Å². The van der Waals surface area contributed by atoms with Crippen LogP contribution in [0.3, 0.4) is 0 Å². The van der Waals surface area contributed by atoms with Crippen LogP contribution >= 0.6 is 0 Å². The minimum atomic E-state index is -0.144. The Labute approximate surface area is 112 Å². The number of aromatic nitrogens is 3. The van der Waals surface area contributed by atoms with Gasteiger partial charge in [0.2, 0.25) is 5.89 Å². The molecule has 0 aromatic carbocycles. The number of aryl methyl sites for hydroxylation is 2. The SMILES string of the molecule is Cc1noc(C)c1CN(C)c1nnc(C(C)(C)C)o1. The maximum absolute atomic E-state index is 5.69. The average molecular weight is 264 g/mol. The lowest BCUT2D eigenvalue weighted by Gasteiger charge is -2.15. The normalized spacial score (nSPS) is 11.9. The standard InChI is InChI=1S/C13H20N4O2/c1-8-10(9(2)19-16-8)7-17(6)12-15-14-11(18-12)13(3,4)5/h7H2,1-6H3. The molecular formula is C13H20N4O2. The molecule has 0 aliphatic rings. The van der Waals surface area contributed by atoms with Gasteiger partial charge in [-0.25, -0.2) is 0 Å². The van der Waals surface area contributed by atoms with Gasteiger partial charge in [0.25, 0.3) is 0 Å². The molecule has 2 rings (SSSR count). The summed E-state index contributed by atoms with van der Waals surface area (Å²) in [5.41, 5.74) is 1.80. The fraction of sp³-hybridized carbons (Fsp3) is 0.615. The third-order valence-corrected chi connectivity index (χ3v) is 2.96. The van der Waals surface area contributed by atoms with Gasteiger partial charge in [0, 0.05) is 18.0 Å². The van der Waals surface area contributed by atoms with E-state index >= 15 is 0 Å². The minimum Gasteiger partial charge on any atom is -0.407 e. The van der Waals surface area contributed by atoms with Crippen molar-refractivity contribution in [1.29, 1.82) is 0 Å². The minimum absolute atomic E-state index is 0.144. The first-order valence-electron chi connectivity index (χ1n) is 6.26. The number of hydrogen-bond acceptors (Lipinski definition) is 6. The zero-order valence-corrected chi connectivity index (χ0v) is 12.3. The molecule has 104 valence electrons. The molecule has 6 heteroatoms. The van der Waals surface area contributed by atoms with Crippen molar-refractivity contribution in [2.24, 2.45) is 0 Å². The van der Waals surface area contributed by atoms with E-state index in [9.17, 15) is 0 Å². The van der Waals surface area contributed by atoms with Gasteiger partial charge in [-0.2, -0.15) is 0 Å².